The normalized spacial score (nSPS) is 24.6. The van der Waals surface area contributed by atoms with E-state index >= 15 is 0 Å². The number of piperidine rings is 1. The van der Waals surface area contributed by atoms with E-state index in [4.69, 9.17) is 11.6 Å². The summed E-state index contributed by atoms with van der Waals surface area (Å²) in [7, 11) is 0. The number of aliphatic hydroxyl groups is 2. The van der Waals surface area contributed by atoms with Crippen molar-refractivity contribution in [1.29, 1.82) is 0 Å². The lowest BCUT2D eigenvalue weighted by Gasteiger charge is -2.34. The first-order chi connectivity index (χ1) is 8.79. The highest BCUT2D eigenvalue weighted by Gasteiger charge is 2.33. The van der Waals surface area contributed by atoms with E-state index in [-0.39, 0.29) is 17.4 Å². The van der Waals surface area contributed by atoms with Gasteiger partial charge >= 0.3 is 6.18 Å². The average Bonchev–Trinajstić information content (AvgIpc) is 2.31. The molecule has 0 aliphatic carbocycles. The van der Waals surface area contributed by atoms with Crippen molar-refractivity contribution < 1.29 is 23.4 Å². The van der Waals surface area contributed by atoms with Gasteiger partial charge in [0.15, 0.2) is 0 Å². The maximum absolute atomic E-state index is 12.5. The molecule has 1 aliphatic heterocycles. The van der Waals surface area contributed by atoms with Crippen LogP contribution in [0.15, 0.2) is 12.3 Å². The molecule has 0 amide bonds. The zero-order valence-corrected chi connectivity index (χ0v) is 10.5. The third-order valence-corrected chi connectivity index (χ3v) is 3.27. The lowest BCUT2D eigenvalue weighted by molar-refractivity contribution is -0.137. The minimum Gasteiger partial charge on any atom is -0.390 e. The van der Waals surface area contributed by atoms with Gasteiger partial charge < -0.3 is 15.1 Å². The third kappa shape index (κ3) is 3.10. The van der Waals surface area contributed by atoms with Gasteiger partial charge in [-0.1, -0.05) is 11.6 Å². The predicted molar refractivity (Wildman–Crippen MR) is 63.1 cm³/mol. The molecule has 0 unspecified atom stereocenters. The van der Waals surface area contributed by atoms with E-state index in [9.17, 15) is 23.4 Å². The van der Waals surface area contributed by atoms with E-state index < -0.39 is 23.9 Å². The summed E-state index contributed by atoms with van der Waals surface area (Å²) in [5.74, 6) is 0.181. The second-order valence-corrected chi connectivity index (χ2v) is 4.80. The van der Waals surface area contributed by atoms with Crippen molar-refractivity contribution in [3.63, 3.8) is 0 Å². The molecule has 8 heteroatoms. The summed E-state index contributed by atoms with van der Waals surface area (Å²) in [6.07, 6.45) is -5.27. The van der Waals surface area contributed by atoms with Crippen molar-refractivity contribution in [3.8, 4) is 0 Å². The standard InChI is InChI=1S/C11H12ClF3N2O2/c12-7-3-6(11(13,14)15)4-16-10(7)17-2-1-8(18)9(19)5-17/h3-4,8-9,18-19H,1-2,5H2/t8-,9-/m1/s1. The molecule has 106 valence electrons. The van der Waals surface area contributed by atoms with Crippen LogP contribution in [0.25, 0.3) is 0 Å². The van der Waals surface area contributed by atoms with Crippen LogP contribution in [0.5, 0.6) is 0 Å². The van der Waals surface area contributed by atoms with Crippen molar-refractivity contribution in [2.24, 2.45) is 0 Å². The largest absolute Gasteiger partial charge is 0.417 e. The highest BCUT2D eigenvalue weighted by molar-refractivity contribution is 6.33. The molecular weight excluding hydrogens is 285 g/mol. The highest BCUT2D eigenvalue weighted by atomic mass is 35.5. The minimum absolute atomic E-state index is 0.0826. The van der Waals surface area contributed by atoms with Crippen LogP contribution in [0, 0.1) is 0 Å². The van der Waals surface area contributed by atoms with Gasteiger partial charge in [0.1, 0.15) is 5.82 Å². The summed E-state index contributed by atoms with van der Waals surface area (Å²) in [5, 5.41) is 18.8. The minimum atomic E-state index is -4.49. The summed E-state index contributed by atoms with van der Waals surface area (Å²) >= 11 is 5.80. The Bertz CT molecular complexity index is 470. The number of aliphatic hydroxyl groups excluding tert-OH is 2. The highest BCUT2D eigenvalue weighted by Crippen LogP contribution is 2.34. The quantitative estimate of drug-likeness (QED) is 0.828. The van der Waals surface area contributed by atoms with E-state index in [1.165, 1.54) is 0 Å². The first-order valence-electron chi connectivity index (χ1n) is 5.63. The monoisotopic (exact) mass is 296 g/mol. The number of halogens is 4. The molecule has 1 fully saturated rings. The van der Waals surface area contributed by atoms with Crippen molar-refractivity contribution in [3.05, 3.63) is 22.8 Å². The van der Waals surface area contributed by atoms with Crippen LogP contribution in [0.1, 0.15) is 12.0 Å². The zero-order chi connectivity index (χ0) is 14.2. The van der Waals surface area contributed by atoms with Crippen LogP contribution < -0.4 is 4.90 Å². The first kappa shape index (κ1) is 14.4. The average molecular weight is 297 g/mol. The number of hydrogen-bond acceptors (Lipinski definition) is 4. The molecular formula is C11H12ClF3N2O2. The van der Waals surface area contributed by atoms with Crippen LogP contribution in [0.2, 0.25) is 5.02 Å². The number of nitrogens with zero attached hydrogens (tertiary/aromatic N) is 2. The molecule has 0 radical (unpaired) electrons. The van der Waals surface area contributed by atoms with Gasteiger partial charge in [-0.15, -0.1) is 0 Å². The van der Waals surface area contributed by atoms with Crippen molar-refractivity contribution in [2.45, 2.75) is 24.8 Å². The van der Waals surface area contributed by atoms with E-state index in [2.05, 4.69) is 4.98 Å². The van der Waals surface area contributed by atoms with Crippen LogP contribution in [-0.2, 0) is 6.18 Å². The first-order valence-corrected chi connectivity index (χ1v) is 6.00. The number of β-amino-alcohol motifs (C(OH)–C–C–N with tert-alkyl or cyclic N) is 1. The number of alkyl halides is 3. The van der Waals surface area contributed by atoms with Crippen LogP contribution in [0.3, 0.4) is 0 Å². The van der Waals surface area contributed by atoms with Crippen molar-refractivity contribution in [2.75, 3.05) is 18.0 Å². The van der Waals surface area contributed by atoms with Crippen molar-refractivity contribution in [1.82, 2.24) is 4.98 Å². The molecule has 2 rings (SSSR count). The van der Waals surface area contributed by atoms with Gasteiger partial charge in [-0.2, -0.15) is 13.2 Å². The Morgan fingerprint density at radius 2 is 2.00 bits per heavy atom. The number of anilines is 1. The molecule has 2 atom stereocenters. The van der Waals surface area contributed by atoms with Gasteiger partial charge in [0.25, 0.3) is 0 Å². The number of aromatic nitrogens is 1. The molecule has 0 spiro atoms. The zero-order valence-electron chi connectivity index (χ0n) is 9.73. The Kier molecular flexibility index (Phi) is 3.89. The fourth-order valence-electron chi connectivity index (χ4n) is 1.93. The van der Waals surface area contributed by atoms with E-state index in [0.717, 1.165) is 6.07 Å². The Balaban J connectivity index is 2.22. The second kappa shape index (κ2) is 5.15. The van der Waals surface area contributed by atoms with Crippen LogP contribution in [-0.4, -0.2) is 40.5 Å². The Morgan fingerprint density at radius 3 is 2.53 bits per heavy atom. The van der Waals surface area contributed by atoms with Gasteiger partial charge in [0.2, 0.25) is 0 Å². The van der Waals surface area contributed by atoms with E-state index in [1.807, 2.05) is 0 Å². The fraction of sp³-hybridized carbons (Fsp3) is 0.545. The molecule has 1 saturated heterocycles. The molecule has 2 heterocycles. The van der Waals surface area contributed by atoms with Crippen LogP contribution in [0.4, 0.5) is 19.0 Å². The molecule has 0 aromatic carbocycles. The lowest BCUT2D eigenvalue weighted by Crippen LogP contribution is -2.47. The third-order valence-electron chi connectivity index (χ3n) is 3.00. The number of rotatable bonds is 1. The van der Waals surface area contributed by atoms with E-state index in [1.54, 1.807) is 4.90 Å². The molecule has 0 bridgehead atoms. The topological polar surface area (TPSA) is 56.6 Å². The molecule has 1 aromatic rings. The predicted octanol–water partition coefficient (Wildman–Crippen LogP) is 1.69. The maximum atomic E-state index is 12.5. The molecule has 1 aromatic heterocycles. The Labute approximate surface area is 112 Å². The summed E-state index contributed by atoms with van der Waals surface area (Å²) in [5.41, 5.74) is -0.918. The lowest BCUT2D eigenvalue weighted by atomic mass is 10.1. The van der Waals surface area contributed by atoms with Crippen molar-refractivity contribution >= 4 is 17.4 Å². The smallest absolute Gasteiger partial charge is 0.390 e. The number of hydrogen-bond donors (Lipinski definition) is 2. The molecule has 1 aliphatic rings. The van der Waals surface area contributed by atoms with Gasteiger partial charge in [0, 0.05) is 19.3 Å². The summed E-state index contributed by atoms with van der Waals surface area (Å²) in [6.45, 7) is 0.454. The van der Waals surface area contributed by atoms with Gasteiger partial charge in [-0.05, 0) is 12.5 Å². The maximum Gasteiger partial charge on any atom is 0.417 e. The Hall–Kier alpha value is -1.05. The summed E-state index contributed by atoms with van der Waals surface area (Å²) in [6, 6.07) is 0.807. The second-order valence-electron chi connectivity index (χ2n) is 4.40. The fourth-order valence-corrected chi connectivity index (χ4v) is 2.22. The van der Waals surface area contributed by atoms with Gasteiger partial charge in [0.05, 0.1) is 22.8 Å². The van der Waals surface area contributed by atoms with Gasteiger partial charge in [-0.25, -0.2) is 4.98 Å². The molecule has 0 saturated carbocycles. The SMILES string of the molecule is O[C@@H]1CCN(c2ncc(C(F)(F)F)cc2Cl)C[C@H]1O. The number of pyridine rings is 1. The molecule has 2 N–H and O–H groups in total. The van der Waals surface area contributed by atoms with Gasteiger partial charge in [-0.3, -0.25) is 0 Å². The van der Waals surface area contributed by atoms with E-state index in [0.29, 0.717) is 19.2 Å². The van der Waals surface area contributed by atoms with Crippen LogP contribution >= 0.6 is 11.6 Å². The molecule has 19 heavy (non-hydrogen) atoms. The molecule has 4 nitrogen and oxygen atoms in total. The summed E-state index contributed by atoms with van der Waals surface area (Å²) in [4.78, 5) is 5.26. The Morgan fingerprint density at radius 1 is 1.32 bits per heavy atom. The summed E-state index contributed by atoms with van der Waals surface area (Å²) < 4.78 is 37.4.